The molecule has 0 bridgehead atoms. The molecule has 1 saturated heterocycles. The number of amidine groups is 1. The second-order valence-electron chi connectivity index (χ2n) is 6.78. The average molecular weight is 411 g/mol. The fourth-order valence-corrected chi connectivity index (χ4v) is 3.20. The second-order valence-corrected chi connectivity index (χ2v) is 6.78. The highest BCUT2D eigenvalue weighted by Gasteiger charge is 2.39. The number of allylic oxidation sites excluding steroid dienone is 2. The molecule has 6 nitrogen and oxygen atoms in total. The second kappa shape index (κ2) is 9.78. The largest absolute Gasteiger partial charge is 0.337 e. The van der Waals surface area contributed by atoms with Gasteiger partial charge < -0.3 is 9.47 Å². The molecule has 0 spiro atoms. The minimum atomic E-state index is -0.989. The Morgan fingerprint density at radius 3 is 2.90 bits per heavy atom. The standard InChI is InChI=1S/C22H23F2N5O/c1-3-4-7-16(2)14-26-21-20(17-8-5-9-18(23)19(17)24)29(22(30)27-21)12-6-11-28-13-10-25-15-28/h3-5,7-10,13,15,20H,1-2,6,11-12,14H2,(H,26,27,30)/b7-4-. The number of carbonyl (C=O) groups is 1. The predicted octanol–water partition coefficient (Wildman–Crippen LogP) is 4.01. The van der Waals surface area contributed by atoms with E-state index in [0.29, 0.717) is 25.1 Å². The van der Waals surface area contributed by atoms with E-state index >= 15 is 0 Å². The van der Waals surface area contributed by atoms with Crippen LogP contribution in [0.3, 0.4) is 0 Å². The van der Waals surface area contributed by atoms with Crippen molar-refractivity contribution in [1.82, 2.24) is 19.8 Å². The minimum absolute atomic E-state index is 0.0574. The molecule has 3 rings (SSSR count). The fraction of sp³-hybridized carbons (Fsp3) is 0.227. The SMILES string of the molecule is C=C/C=C\C(=C)CN=C1NC(=O)N(CCCn2ccnc2)C1c1cccc(F)c1F. The first-order valence-corrected chi connectivity index (χ1v) is 9.49. The topological polar surface area (TPSA) is 62.5 Å². The molecule has 1 aliphatic heterocycles. The molecule has 1 aromatic heterocycles. The van der Waals surface area contributed by atoms with Gasteiger partial charge in [0.2, 0.25) is 0 Å². The van der Waals surface area contributed by atoms with Gasteiger partial charge in [-0.05, 0) is 18.1 Å². The molecule has 1 aliphatic rings. The molecule has 1 atom stereocenters. The third-order valence-electron chi connectivity index (χ3n) is 4.64. The number of urea groups is 1. The van der Waals surface area contributed by atoms with Gasteiger partial charge in [-0.15, -0.1) is 0 Å². The van der Waals surface area contributed by atoms with Gasteiger partial charge in [-0.1, -0.05) is 43.5 Å². The van der Waals surface area contributed by atoms with Crippen LogP contribution in [0, 0.1) is 11.6 Å². The van der Waals surface area contributed by atoms with Crippen molar-refractivity contribution in [3.8, 4) is 0 Å². The number of carbonyl (C=O) groups excluding carboxylic acids is 1. The summed E-state index contributed by atoms with van der Waals surface area (Å²) in [6.45, 7) is 8.66. The monoisotopic (exact) mass is 411 g/mol. The fourth-order valence-electron chi connectivity index (χ4n) is 3.20. The Morgan fingerprint density at radius 2 is 2.17 bits per heavy atom. The maximum absolute atomic E-state index is 14.6. The third kappa shape index (κ3) is 4.89. The molecular formula is C22H23F2N5O. The van der Waals surface area contributed by atoms with Gasteiger partial charge in [0.1, 0.15) is 11.9 Å². The van der Waals surface area contributed by atoms with Crippen molar-refractivity contribution in [2.24, 2.45) is 4.99 Å². The van der Waals surface area contributed by atoms with Crippen molar-refractivity contribution < 1.29 is 13.6 Å². The minimum Gasteiger partial charge on any atom is -0.337 e. The molecule has 2 amide bonds. The van der Waals surface area contributed by atoms with E-state index in [1.165, 1.54) is 17.0 Å². The van der Waals surface area contributed by atoms with Crippen LogP contribution in [0.4, 0.5) is 13.6 Å². The van der Waals surface area contributed by atoms with Gasteiger partial charge in [0.25, 0.3) is 0 Å². The number of aryl methyl sites for hydroxylation is 1. The number of aromatic nitrogens is 2. The van der Waals surface area contributed by atoms with E-state index in [1.54, 1.807) is 30.8 Å². The van der Waals surface area contributed by atoms with Gasteiger partial charge >= 0.3 is 6.03 Å². The first kappa shape index (κ1) is 21.2. The number of nitrogens with zero attached hydrogens (tertiary/aromatic N) is 4. The van der Waals surface area contributed by atoms with Crippen molar-refractivity contribution in [3.05, 3.63) is 91.1 Å². The molecule has 0 saturated carbocycles. The van der Waals surface area contributed by atoms with E-state index in [-0.39, 0.29) is 17.9 Å². The molecule has 1 fully saturated rings. The van der Waals surface area contributed by atoms with E-state index in [1.807, 2.05) is 10.8 Å². The van der Waals surface area contributed by atoms with Crippen LogP contribution in [0.5, 0.6) is 0 Å². The number of halogens is 2. The average Bonchev–Trinajstić information content (AvgIpc) is 3.35. The Labute approximate surface area is 173 Å². The lowest BCUT2D eigenvalue weighted by atomic mass is 10.0. The van der Waals surface area contributed by atoms with Crippen LogP contribution < -0.4 is 5.32 Å². The summed E-state index contributed by atoms with van der Waals surface area (Å²) in [5.41, 5.74) is 0.746. The maximum atomic E-state index is 14.6. The van der Waals surface area contributed by atoms with Gasteiger partial charge in [0.05, 0.1) is 12.9 Å². The molecule has 0 radical (unpaired) electrons. The summed E-state index contributed by atoms with van der Waals surface area (Å²) < 4.78 is 30.4. The van der Waals surface area contributed by atoms with Crippen LogP contribution in [0.25, 0.3) is 0 Å². The van der Waals surface area contributed by atoms with Gasteiger partial charge in [-0.3, -0.25) is 10.3 Å². The lowest BCUT2D eigenvalue weighted by Gasteiger charge is -2.24. The van der Waals surface area contributed by atoms with Gasteiger partial charge in [0, 0.05) is 31.0 Å². The number of nitrogens with one attached hydrogen (secondary N) is 1. The molecular weight excluding hydrogens is 388 g/mol. The van der Waals surface area contributed by atoms with E-state index in [2.05, 4.69) is 28.5 Å². The number of hydrogen-bond acceptors (Lipinski definition) is 3. The third-order valence-corrected chi connectivity index (χ3v) is 4.64. The van der Waals surface area contributed by atoms with Gasteiger partial charge in [-0.25, -0.2) is 18.6 Å². The van der Waals surface area contributed by atoms with Crippen molar-refractivity contribution in [2.75, 3.05) is 13.1 Å². The summed E-state index contributed by atoms with van der Waals surface area (Å²) in [6.07, 6.45) is 10.9. The maximum Gasteiger partial charge on any atom is 0.323 e. The van der Waals surface area contributed by atoms with E-state index < -0.39 is 23.7 Å². The lowest BCUT2D eigenvalue weighted by Crippen LogP contribution is -2.31. The van der Waals surface area contributed by atoms with Crippen LogP contribution >= 0.6 is 0 Å². The Kier molecular flexibility index (Phi) is 6.90. The van der Waals surface area contributed by atoms with Crippen molar-refractivity contribution in [3.63, 3.8) is 0 Å². The first-order valence-electron chi connectivity index (χ1n) is 9.49. The number of rotatable bonds is 9. The summed E-state index contributed by atoms with van der Waals surface area (Å²) in [7, 11) is 0. The van der Waals surface area contributed by atoms with E-state index in [4.69, 9.17) is 0 Å². The molecule has 2 aromatic rings. The van der Waals surface area contributed by atoms with Gasteiger partial charge in [-0.2, -0.15) is 0 Å². The van der Waals surface area contributed by atoms with Crippen LogP contribution in [0.1, 0.15) is 18.0 Å². The van der Waals surface area contributed by atoms with Crippen molar-refractivity contribution in [2.45, 2.75) is 19.0 Å². The zero-order valence-electron chi connectivity index (χ0n) is 16.5. The Hall–Kier alpha value is -3.55. The summed E-state index contributed by atoms with van der Waals surface area (Å²) in [6, 6.07) is 2.69. The normalized spacial score (nSPS) is 17.7. The number of imidazole rings is 1. The molecule has 8 heteroatoms. The highest BCUT2D eigenvalue weighted by atomic mass is 19.2. The summed E-state index contributed by atoms with van der Waals surface area (Å²) >= 11 is 0. The zero-order chi connectivity index (χ0) is 21.5. The Bertz CT molecular complexity index is 981. The Morgan fingerprint density at radius 1 is 1.33 bits per heavy atom. The highest BCUT2D eigenvalue weighted by Crippen LogP contribution is 2.30. The van der Waals surface area contributed by atoms with Crippen LogP contribution in [0.15, 0.2) is 78.9 Å². The summed E-state index contributed by atoms with van der Waals surface area (Å²) in [4.78, 5) is 22.5. The summed E-state index contributed by atoms with van der Waals surface area (Å²) in [5.74, 6) is -1.69. The number of hydrogen-bond donors (Lipinski definition) is 1. The van der Waals surface area contributed by atoms with Gasteiger partial charge in [0.15, 0.2) is 11.6 Å². The van der Waals surface area contributed by atoms with Crippen molar-refractivity contribution in [1.29, 1.82) is 0 Å². The summed E-state index contributed by atoms with van der Waals surface area (Å²) in [5, 5.41) is 2.70. The smallest absolute Gasteiger partial charge is 0.323 e. The molecule has 30 heavy (non-hydrogen) atoms. The lowest BCUT2D eigenvalue weighted by molar-refractivity contribution is 0.203. The first-order chi connectivity index (χ1) is 14.5. The van der Waals surface area contributed by atoms with E-state index in [9.17, 15) is 13.6 Å². The van der Waals surface area contributed by atoms with Crippen molar-refractivity contribution >= 4 is 11.9 Å². The van der Waals surface area contributed by atoms with Crippen LogP contribution in [0.2, 0.25) is 0 Å². The van der Waals surface area contributed by atoms with E-state index in [0.717, 1.165) is 6.07 Å². The number of aliphatic imine (C=N–C) groups is 1. The molecule has 0 aliphatic carbocycles. The van der Waals surface area contributed by atoms with Crippen LogP contribution in [-0.2, 0) is 6.54 Å². The molecule has 1 unspecified atom stereocenters. The number of benzene rings is 1. The highest BCUT2D eigenvalue weighted by molar-refractivity contribution is 6.07. The molecule has 156 valence electrons. The molecule has 1 N–H and O–H groups in total. The quantitative estimate of drug-likeness (QED) is 0.634. The molecule has 1 aromatic carbocycles. The number of amides is 2. The predicted molar refractivity (Wildman–Crippen MR) is 112 cm³/mol. The van der Waals surface area contributed by atoms with Crippen LogP contribution in [-0.4, -0.2) is 39.4 Å². The Balaban J connectivity index is 1.85. The molecule has 2 heterocycles. The zero-order valence-corrected chi connectivity index (χ0v) is 16.5.